The summed E-state index contributed by atoms with van der Waals surface area (Å²) in [4.78, 5) is 0. The van der Waals surface area contributed by atoms with Gasteiger partial charge in [-0.15, -0.1) is 11.3 Å². The largest absolute Gasteiger partial charge is 0.271 e. The Bertz CT molecular complexity index is 532. The topological polar surface area (TPSA) is 38.0 Å². The van der Waals surface area contributed by atoms with Crippen LogP contribution in [0.5, 0.6) is 0 Å². The molecule has 0 saturated carbocycles. The second-order valence-electron chi connectivity index (χ2n) is 3.45. The van der Waals surface area contributed by atoms with E-state index in [1.807, 2.05) is 11.4 Å². The summed E-state index contributed by atoms with van der Waals surface area (Å²) in [6.45, 7) is 0. The molecule has 0 radical (unpaired) electrons. The van der Waals surface area contributed by atoms with Gasteiger partial charge in [0.2, 0.25) is 0 Å². The zero-order chi connectivity index (χ0) is 12.4. The molecular weight excluding hydrogens is 327 g/mol. The minimum Gasteiger partial charge on any atom is -0.271 e. The third-order valence-electron chi connectivity index (χ3n) is 2.36. The summed E-state index contributed by atoms with van der Waals surface area (Å²) >= 11 is 11.0. The van der Waals surface area contributed by atoms with E-state index < -0.39 is 0 Å². The van der Waals surface area contributed by atoms with Crippen LogP contribution in [0.15, 0.2) is 33.4 Å². The van der Waals surface area contributed by atoms with E-state index in [1.165, 1.54) is 29.5 Å². The standard InChI is InChI=1S/C11H9BrClFN2S/c12-10-3-6(5-17-10)11(16-15)8-4-7(14)1-2-9(8)13/h1-5,11,16H,15H2. The van der Waals surface area contributed by atoms with Crippen molar-refractivity contribution in [1.29, 1.82) is 0 Å². The van der Waals surface area contributed by atoms with Gasteiger partial charge in [-0.05, 0) is 56.7 Å². The summed E-state index contributed by atoms with van der Waals surface area (Å²) in [5.41, 5.74) is 4.22. The molecule has 1 aromatic carbocycles. The Morgan fingerprint density at radius 2 is 2.18 bits per heavy atom. The molecule has 0 aliphatic carbocycles. The van der Waals surface area contributed by atoms with E-state index in [1.54, 1.807) is 0 Å². The summed E-state index contributed by atoms with van der Waals surface area (Å²) in [7, 11) is 0. The molecule has 0 aliphatic heterocycles. The van der Waals surface area contributed by atoms with Gasteiger partial charge < -0.3 is 0 Å². The Morgan fingerprint density at radius 3 is 2.76 bits per heavy atom. The zero-order valence-electron chi connectivity index (χ0n) is 8.58. The second kappa shape index (κ2) is 5.46. The van der Waals surface area contributed by atoms with Crippen LogP contribution in [0.1, 0.15) is 17.2 Å². The van der Waals surface area contributed by atoms with Gasteiger partial charge in [-0.1, -0.05) is 11.6 Å². The number of thiophene rings is 1. The fourth-order valence-corrected chi connectivity index (χ4v) is 3.00. The van der Waals surface area contributed by atoms with E-state index in [0.29, 0.717) is 10.6 Å². The highest BCUT2D eigenvalue weighted by Crippen LogP contribution is 2.32. The lowest BCUT2D eigenvalue weighted by atomic mass is 10.0. The number of benzene rings is 1. The number of rotatable bonds is 3. The Kier molecular flexibility index (Phi) is 4.17. The molecule has 0 bridgehead atoms. The van der Waals surface area contributed by atoms with E-state index in [4.69, 9.17) is 17.4 Å². The fourth-order valence-electron chi connectivity index (χ4n) is 1.58. The number of halogens is 3. The highest BCUT2D eigenvalue weighted by molar-refractivity contribution is 9.11. The molecule has 3 N–H and O–H groups in total. The smallest absolute Gasteiger partial charge is 0.123 e. The van der Waals surface area contributed by atoms with E-state index in [2.05, 4.69) is 21.4 Å². The lowest BCUT2D eigenvalue weighted by Gasteiger charge is -2.16. The van der Waals surface area contributed by atoms with E-state index in [-0.39, 0.29) is 11.9 Å². The molecule has 0 saturated heterocycles. The Balaban J connectivity index is 2.45. The van der Waals surface area contributed by atoms with Gasteiger partial charge in [0.25, 0.3) is 0 Å². The fraction of sp³-hybridized carbons (Fsp3) is 0.0909. The Morgan fingerprint density at radius 1 is 1.41 bits per heavy atom. The van der Waals surface area contributed by atoms with E-state index in [0.717, 1.165) is 9.35 Å². The predicted molar refractivity (Wildman–Crippen MR) is 72.6 cm³/mol. The molecule has 17 heavy (non-hydrogen) atoms. The Labute approximate surface area is 116 Å². The predicted octanol–water partition coefficient (Wildman–Crippen LogP) is 3.86. The molecule has 90 valence electrons. The number of hydrazine groups is 1. The molecular formula is C11H9BrClFN2S. The molecule has 0 spiro atoms. The van der Waals surface area contributed by atoms with Gasteiger partial charge in [-0.2, -0.15) is 0 Å². The molecule has 1 unspecified atom stereocenters. The highest BCUT2D eigenvalue weighted by atomic mass is 79.9. The van der Waals surface area contributed by atoms with Gasteiger partial charge >= 0.3 is 0 Å². The summed E-state index contributed by atoms with van der Waals surface area (Å²) in [6, 6.07) is 5.84. The van der Waals surface area contributed by atoms with Gasteiger partial charge in [0, 0.05) is 5.02 Å². The highest BCUT2D eigenvalue weighted by Gasteiger charge is 2.17. The molecule has 1 atom stereocenters. The molecule has 2 nitrogen and oxygen atoms in total. The third-order valence-corrected chi connectivity index (χ3v) is 4.22. The van der Waals surface area contributed by atoms with Crippen LogP contribution >= 0.6 is 38.9 Å². The van der Waals surface area contributed by atoms with Crippen LogP contribution in [0.4, 0.5) is 4.39 Å². The molecule has 1 heterocycles. The summed E-state index contributed by atoms with van der Waals surface area (Å²) in [6.07, 6.45) is 0. The summed E-state index contributed by atoms with van der Waals surface area (Å²) < 4.78 is 14.2. The SMILES string of the molecule is NNC(c1csc(Br)c1)c1cc(F)ccc1Cl. The number of hydrogen-bond acceptors (Lipinski definition) is 3. The molecule has 0 fully saturated rings. The van der Waals surface area contributed by atoms with Crippen molar-refractivity contribution in [3.63, 3.8) is 0 Å². The minimum atomic E-state index is -0.334. The van der Waals surface area contributed by atoms with E-state index in [9.17, 15) is 4.39 Å². The first-order valence-electron chi connectivity index (χ1n) is 4.77. The number of nitrogens with two attached hydrogens (primary N) is 1. The first kappa shape index (κ1) is 13.0. The van der Waals surface area contributed by atoms with E-state index >= 15 is 0 Å². The van der Waals surface area contributed by atoms with Crippen molar-refractivity contribution in [2.75, 3.05) is 0 Å². The van der Waals surface area contributed by atoms with Gasteiger partial charge in [-0.25, -0.2) is 9.82 Å². The molecule has 0 aliphatic rings. The molecule has 6 heteroatoms. The summed E-state index contributed by atoms with van der Waals surface area (Å²) in [5.74, 6) is 5.19. The Hall–Kier alpha value is -0.460. The van der Waals surface area contributed by atoms with Crippen LogP contribution in [-0.4, -0.2) is 0 Å². The average Bonchev–Trinajstić information content (AvgIpc) is 2.71. The zero-order valence-corrected chi connectivity index (χ0v) is 11.7. The normalized spacial score (nSPS) is 12.7. The van der Waals surface area contributed by atoms with Crippen molar-refractivity contribution in [3.05, 3.63) is 55.4 Å². The molecule has 1 aromatic heterocycles. The van der Waals surface area contributed by atoms with Crippen LogP contribution in [0.3, 0.4) is 0 Å². The van der Waals surface area contributed by atoms with Crippen molar-refractivity contribution in [2.24, 2.45) is 5.84 Å². The van der Waals surface area contributed by atoms with Crippen LogP contribution in [-0.2, 0) is 0 Å². The van der Waals surface area contributed by atoms with Crippen molar-refractivity contribution in [2.45, 2.75) is 6.04 Å². The quantitative estimate of drug-likeness (QED) is 0.660. The second-order valence-corrected chi connectivity index (χ2v) is 6.15. The first-order valence-corrected chi connectivity index (χ1v) is 6.82. The minimum absolute atomic E-state index is 0.319. The molecule has 0 amide bonds. The van der Waals surface area contributed by atoms with Crippen LogP contribution in [0, 0.1) is 5.82 Å². The van der Waals surface area contributed by atoms with Crippen LogP contribution in [0.2, 0.25) is 5.02 Å². The average molecular weight is 336 g/mol. The lowest BCUT2D eigenvalue weighted by molar-refractivity contribution is 0.606. The van der Waals surface area contributed by atoms with Crippen LogP contribution in [0.25, 0.3) is 0 Å². The first-order chi connectivity index (χ1) is 8.11. The van der Waals surface area contributed by atoms with Gasteiger partial charge in [-0.3, -0.25) is 5.84 Å². The maximum atomic E-state index is 13.2. The molecule has 2 rings (SSSR count). The van der Waals surface area contributed by atoms with Gasteiger partial charge in [0.05, 0.1) is 9.83 Å². The maximum absolute atomic E-state index is 13.2. The van der Waals surface area contributed by atoms with Crippen molar-refractivity contribution in [1.82, 2.24) is 5.43 Å². The molecule has 2 aromatic rings. The maximum Gasteiger partial charge on any atom is 0.123 e. The third kappa shape index (κ3) is 2.86. The van der Waals surface area contributed by atoms with Gasteiger partial charge in [0.15, 0.2) is 0 Å². The van der Waals surface area contributed by atoms with Crippen LogP contribution < -0.4 is 11.3 Å². The monoisotopic (exact) mass is 334 g/mol. The van der Waals surface area contributed by atoms with Crippen molar-refractivity contribution >= 4 is 38.9 Å². The van der Waals surface area contributed by atoms with Gasteiger partial charge in [0.1, 0.15) is 5.82 Å². The summed E-state index contributed by atoms with van der Waals surface area (Å²) in [5, 5.41) is 2.42. The number of nitrogens with one attached hydrogen (secondary N) is 1. The van der Waals surface area contributed by atoms with Crippen molar-refractivity contribution < 1.29 is 4.39 Å². The lowest BCUT2D eigenvalue weighted by Crippen LogP contribution is -2.28. The van der Waals surface area contributed by atoms with Crippen molar-refractivity contribution in [3.8, 4) is 0 Å². The number of hydrogen-bond donors (Lipinski definition) is 2.